The number of guanidine groups is 1. The monoisotopic (exact) mass is 185 g/mol. The van der Waals surface area contributed by atoms with E-state index < -0.39 is 0 Å². The molecule has 0 radical (unpaired) electrons. The zero-order chi connectivity index (χ0) is 9.68. The Bertz CT molecular complexity index is 182. The van der Waals surface area contributed by atoms with Crippen molar-refractivity contribution in [2.24, 2.45) is 4.99 Å². The second kappa shape index (κ2) is 5.07. The summed E-state index contributed by atoms with van der Waals surface area (Å²) in [6.45, 7) is 4.89. The van der Waals surface area contributed by atoms with Crippen molar-refractivity contribution in [2.45, 2.75) is 19.4 Å². The second-order valence-corrected chi connectivity index (χ2v) is 3.41. The highest BCUT2D eigenvalue weighted by molar-refractivity contribution is 5.80. The molecule has 0 aliphatic carbocycles. The van der Waals surface area contributed by atoms with E-state index in [4.69, 9.17) is 4.74 Å². The normalized spacial score (nSPS) is 19.6. The first-order chi connectivity index (χ1) is 6.24. The lowest BCUT2D eigenvalue weighted by Crippen LogP contribution is -2.44. The number of hydrogen-bond donors (Lipinski definition) is 1. The van der Waals surface area contributed by atoms with Crippen molar-refractivity contribution in [2.75, 3.05) is 33.8 Å². The summed E-state index contributed by atoms with van der Waals surface area (Å²) in [5, 5.41) is 3.27. The van der Waals surface area contributed by atoms with Crippen LogP contribution in [0.2, 0.25) is 0 Å². The van der Waals surface area contributed by atoms with Crippen LogP contribution in [-0.4, -0.2) is 50.8 Å². The van der Waals surface area contributed by atoms with E-state index in [1.807, 2.05) is 6.92 Å². The lowest BCUT2D eigenvalue weighted by molar-refractivity contribution is 0.120. The summed E-state index contributed by atoms with van der Waals surface area (Å²) >= 11 is 0. The summed E-state index contributed by atoms with van der Waals surface area (Å²) in [5.74, 6) is 0.996. The molecule has 0 bridgehead atoms. The molecule has 0 aromatic rings. The van der Waals surface area contributed by atoms with Crippen LogP contribution in [0, 0.1) is 0 Å². The van der Waals surface area contributed by atoms with Gasteiger partial charge in [-0.25, -0.2) is 0 Å². The van der Waals surface area contributed by atoms with E-state index in [-0.39, 0.29) is 6.10 Å². The molecule has 1 rings (SSSR count). The summed E-state index contributed by atoms with van der Waals surface area (Å²) in [4.78, 5) is 6.54. The van der Waals surface area contributed by atoms with Crippen molar-refractivity contribution < 1.29 is 4.74 Å². The van der Waals surface area contributed by atoms with Gasteiger partial charge in [0.15, 0.2) is 5.96 Å². The van der Waals surface area contributed by atoms with Gasteiger partial charge in [-0.15, -0.1) is 0 Å². The number of nitrogens with one attached hydrogen (secondary N) is 1. The Morgan fingerprint density at radius 2 is 2.46 bits per heavy atom. The third kappa shape index (κ3) is 3.22. The highest BCUT2D eigenvalue weighted by Crippen LogP contribution is 1.97. The van der Waals surface area contributed by atoms with Gasteiger partial charge in [0.2, 0.25) is 0 Å². The van der Waals surface area contributed by atoms with Crippen molar-refractivity contribution in [3.63, 3.8) is 0 Å². The predicted molar refractivity (Wildman–Crippen MR) is 54.0 cm³/mol. The Labute approximate surface area is 80.0 Å². The zero-order valence-electron chi connectivity index (χ0n) is 8.71. The third-order valence-electron chi connectivity index (χ3n) is 2.22. The van der Waals surface area contributed by atoms with Crippen molar-refractivity contribution >= 4 is 5.96 Å². The van der Waals surface area contributed by atoms with Gasteiger partial charge in [-0.3, -0.25) is 4.99 Å². The molecule has 0 spiro atoms. The number of nitrogens with zero attached hydrogens (tertiary/aromatic N) is 2. The minimum absolute atomic E-state index is 0.234. The molecule has 1 unspecified atom stereocenters. The molecule has 4 heteroatoms. The van der Waals surface area contributed by atoms with Crippen LogP contribution in [0.5, 0.6) is 0 Å². The van der Waals surface area contributed by atoms with Gasteiger partial charge in [0.1, 0.15) is 0 Å². The highest BCUT2D eigenvalue weighted by Gasteiger charge is 2.10. The molecular formula is C9H19N3O. The van der Waals surface area contributed by atoms with E-state index >= 15 is 0 Å². The van der Waals surface area contributed by atoms with E-state index in [0.29, 0.717) is 0 Å². The molecule has 13 heavy (non-hydrogen) atoms. The molecule has 0 amide bonds. The molecule has 0 saturated carbocycles. The van der Waals surface area contributed by atoms with Gasteiger partial charge in [-0.2, -0.15) is 0 Å². The van der Waals surface area contributed by atoms with Crippen LogP contribution in [-0.2, 0) is 4.74 Å². The standard InChI is InChI=1S/C9H19N3O/c1-8(13-3)7-11-9-10-5-4-6-12(9)2/h8H,4-7H2,1-3H3,(H,10,11). The Hall–Kier alpha value is -0.770. The molecule has 0 fully saturated rings. The van der Waals surface area contributed by atoms with Crippen molar-refractivity contribution in [1.82, 2.24) is 10.2 Å². The van der Waals surface area contributed by atoms with E-state index in [0.717, 1.165) is 32.0 Å². The fourth-order valence-corrected chi connectivity index (χ4v) is 1.23. The zero-order valence-corrected chi connectivity index (χ0v) is 8.71. The van der Waals surface area contributed by atoms with Crippen LogP contribution < -0.4 is 5.32 Å². The van der Waals surface area contributed by atoms with Gasteiger partial charge in [0.05, 0.1) is 6.10 Å². The summed E-state index contributed by atoms with van der Waals surface area (Å²) in [6.07, 6.45) is 1.39. The van der Waals surface area contributed by atoms with Gasteiger partial charge in [0.25, 0.3) is 0 Å². The van der Waals surface area contributed by atoms with E-state index in [1.54, 1.807) is 7.11 Å². The first kappa shape index (κ1) is 10.3. The first-order valence-electron chi connectivity index (χ1n) is 4.76. The number of aliphatic imine (C=N–C) groups is 1. The topological polar surface area (TPSA) is 36.9 Å². The summed E-state index contributed by atoms with van der Waals surface area (Å²) in [7, 11) is 3.78. The average Bonchev–Trinajstić information content (AvgIpc) is 2.16. The highest BCUT2D eigenvalue weighted by atomic mass is 16.5. The number of rotatable bonds is 3. The van der Waals surface area contributed by atoms with Crippen LogP contribution >= 0.6 is 0 Å². The Morgan fingerprint density at radius 3 is 3.08 bits per heavy atom. The van der Waals surface area contributed by atoms with Gasteiger partial charge >= 0.3 is 0 Å². The van der Waals surface area contributed by atoms with E-state index in [1.165, 1.54) is 0 Å². The second-order valence-electron chi connectivity index (χ2n) is 3.41. The summed E-state index contributed by atoms with van der Waals surface area (Å²) in [5.41, 5.74) is 0. The van der Waals surface area contributed by atoms with Gasteiger partial charge in [-0.05, 0) is 13.3 Å². The number of hydrogen-bond acceptors (Lipinski definition) is 4. The van der Waals surface area contributed by atoms with Crippen LogP contribution in [0.3, 0.4) is 0 Å². The van der Waals surface area contributed by atoms with Crippen LogP contribution in [0.25, 0.3) is 0 Å². The molecule has 0 aromatic carbocycles. The number of methoxy groups -OCH3 is 1. The van der Waals surface area contributed by atoms with Crippen LogP contribution in [0.1, 0.15) is 13.3 Å². The summed E-state index contributed by atoms with van der Waals surface area (Å²) < 4.78 is 5.14. The lowest BCUT2D eigenvalue weighted by atomic mass is 10.3. The Morgan fingerprint density at radius 1 is 1.69 bits per heavy atom. The fraction of sp³-hybridized carbons (Fsp3) is 0.889. The number of ether oxygens (including phenoxy) is 1. The van der Waals surface area contributed by atoms with Crippen molar-refractivity contribution in [1.29, 1.82) is 0 Å². The molecule has 1 heterocycles. The van der Waals surface area contributed by atoms with E-state index in [2.05, 4.69) is 22.3 Å². The molecule has 76 valence electrons. The molecule has 0 saturated heterocycles. The lowest BCUT2D eigenvalue weighted by Gasteiger charge is -2.26. The van der Waals surface area contributed by atoms with Crippen LogP contribution in [0.15, 0.2) is 4.99 Å². The summed E-state index contributed by atoms with van der Waals surface area (Å²) in [6, 6.07) is 0. The molecule has 1 atom stereocenters. The Kier molecular flexibility index (Phi) is 4.02. The molecule has 1 aliphatic heterocycles. The molecular weight excluding hydrogens is 166 g/mol. The molecule has 1 aliphatic rings. The third-order valence-corrected chi connectivity index (χ3v) is 2.22. The maximum absolute atomic E-state index is 5.14. The van der Waals surface area contributed by atoms with Gasteiger partial charge in [0, 0.05) is 33.8 Å². The maximum Gasteiger partial charge on any atom is 0.193 e. The van der Waals surface area contributed by atoms with E-state index in [9.17, 15) is 0 Å². The van der Waals surface area contributed by atoms with Crippen molar-refractivity contribution in [3.8, 4) is 0 Å². The molecule has 1 N–H and O–H groups in total. The Balaban J connectivity index is 2.30. The first-order valence-corrected chi connectivity index (χ1v) is 4.76. The average molecular weight is 185 g/mol. The van der Waals surface area contributed by atoms with Crippen molar-refractivity contribution in [3.05, 3.63) is 0 Å². The predicted octanol–water partition coefficient (Wildman–Crippen LogP) is 0.302. The quantitative estimate of drug-likeness (QED) is 0.687. The van der Waals surface area contributed by atoms with Gasteiger partial charge < -0.3 is 15.0 Å². The minimum atomic E-state index is 0.234. The van der Waals surface area contributed by atoms with Gasteiger partial charge in [-0.1, -0.05) is 0 Å². The van der Waals surface area contributed by atoms with Crippen LogP contribution in [0.4, 0.5) is 0 Å². The minimum Gasteiger partial charge on any atom is -0.380 e. The SMILES string of the molecule is COC(C)CNC1=NCCCN1C. The molecule has 4 nitrogen and oxygen atoms in total. The maximum atomic E-state index is 5.14. The smallest absolute Gasteiger partial charge is 0.193 e. The fourth-order valence-electron chi connectivity index (χ4n) is 1.23. The largest absolute Gasteiger partial charge is 0.380 e. The molecule has 0 aromatic heterocycles.